The average molecular weight is 261 g/mol. The number of fused-ring (bicyclic) bond motifs is 1. The molecule has 19 heavy (non-hydrogen) atoms. The SMILES string of the molecule is CC1CC(C)(C)CCC1NC1CCCc2occc21. The van der Waals surface area contributed by atoms with Gasteiger partial charge in [0.15, 0.2) is 0 Å². The molecule has 2 aliphatic rings. The van der Waals surface area contributed by atoms with Gasteiger partial charge in [0.2, 0.25) is 0 Å². The fourth-order valence-electron chi connectivity index (χ4n) is 4.11. The molecule has 2 aliphatic carbocycles. The molecule has 0 spiro atoms. The van der Waals surface area contributed by atoms with E-state index in [-0.39, 0.29) is 0 Å². The lowest BCUT2D eigenvalue weighted by atomic mass is 9.70. The van der Waals surface area contributed by atoms with Crippen molar-refractivity contribution in [3.63, 3.8) is 0 Å². The lowest BCUT2D eigenvalue weighted by Gasteiger charge is -2.41. The minimum Gasteiger partial charge on any atom is -0.469 e. The molecule has 2 heteroatoms. The van der Waals surface area contributed by atoms with Crippen molar-refractivity contribution in [2.45, 2.75) is 71.4 Å². The van der Waals surface area contributed by atoms with Crippen molar-refractivity contribution in [2.24, 2.45) is 11.3 Å². The molecular formula is C17H27NO. The van der Waals surface area contributed by atoms with Crippen molar-refractivity contribution in [3.8, 4) is 0 Å². The Kier molecular flexibility index (Phi) is 3.46. The van der Waals surface area contributed by atoms with Gasteiger partial charge in [-0.3, -0.25) is 0 Å². The van der Waals surface area contributed by atoms with Crippen LogP contribution >= 0.6 is 0 Å². The van der Waals surface area contributed by atoms with E-state index < -0.39 is 0 Å². The van der Waals surface area contributed by atoms with Gasteiger partial charge in [-0.15, -0.1) is 0 Å². The molecule has 1 fully saturated rings. The maximum atomic E-state index is 5.60. The Morgan fingerprint density at radius 1 is 1.32 bits per heavy atom. The summed E-state index contributed by atoms with van der Waals surface area (Å²) in [5.41, 5.74) is 1.95. The fourth-order valence-corrected chi connectivity index (χ4v) is 4.11. The summed E-state index contributed by atoms with van der Waals surface area (Å²) in [6.45, 7) is 7.24. The van der Waals surface area contributed by atoms with E-state index in [1.807, 2.05) is 6.26 Å². The highest BCUT2D eigenvalue weighted by Crippen LogP contribution is 2.40. The lowest BCUT2D eigenvalue weighted by Crippen LogP contribution is -2.43. The second-order valence-corrected chi connectivity index (χ2v) is 7.40. The third-order valence-electron chi connectivity index (χ3n) is 5.16. The van der Waals surface area contributed by atoms with Crippen LogP contribution in [0.25, 0.3) is 0 Å². The van der Waals surface area contributed by atoms with Crippen LogP contribution in [0.1, 0.15) is 70.2 Å². The first-order valence-corrected chi connectivity index (χ1v) is 7.87. The minimum absolute atomic E-state index is 0.524. The fraction of sp³-hybridized carbons (Fsp3) is 0.765. The van der Waals surface area contributed by atoms with E-state index in [9.17, 15) is 0 Å². The van der Waals surface area contributed by atoms with Gasteiger partial charge in [0.05, 0.1) is 6.26 Å². The number of hydrogen-bond acceptors (Lipinski definition) is 2. The Morgan fingerprint density at radius 3 is 2.95 bits per heavy atom. The Bertz CT molecular complexity index is 434. The molecule has 0 bridgehead atoms. The molecule has 3 unspecified atom stereocenters. The summed E-state index contributed by atoms with van der Waals surface area (Å²) in [4.78, 5) is 0. The van der Waals surface area contributed by atoms with Crippen LogP contribution in [0.15, 0.2) is 16.7 Å². The third kappa shape index (κ3) is 2.74. The average Bonchev–Trinajstić information content (AvgIpc) is 2.81. The standard InChI is InChI=1S/C17H27NO/c1-12-11-17(2,3)9-7-14(12)18-15-5-4-6-16-13(15)8-10-19-16/h8,10,12,14-15,18H,4-7,9,11H2,1-3H3. The van der Waals surface area contributed by atoms with E-state index in [2.05, 4.69) is 32.2 Å². The van der Waals surface area contributed by atoms with Crippen LogP contribution in [0.5, 0.6) is 0 Å². The molecule has 3 atom stereocenters. The summed E-state index contributed by atoms with van der Waals surface area (Å²) in [5, 5.41) is 3.93. The molecule has 3 rings (SSSR count). The van der Waals surface area contributed by atoms with E-state index in [0.717, 1.165) is 12.3 Å². The van der Waals surface area contributed by atoms with Gasteiger partial charge in [-0.25, -0.2) is 0 Å². The van der Waals surface area contributed by atoms with E-state index in [1.54, 1.807) is 0 Å². The Labute approximate surface area is 117 Å². The second kappa shape index (κ2) is 4.97. The molecule has 1 aromatic rings. The number of furan rings is 1. The molecule has 1 aromatic heterocycles. The quantitative estimate of drug-likeness (QED) is 0.850. The molecule has 106 valence electrons. The minimum atomic E-state index is 0.524. The number of rotatable bonds is 2. The van der Waals surface area contributed by atoms with Gasteiger partial charge in [-0.1, -0.05) is 20.8 Å². The van der Waals surface area contributed by atoms with Crippen LogP contribution < -0.4 is 5.32 Å². The Balaban J connectivity index is 1.67. The maximum Gasteiger partial charge on any atom is 0.108 e. The number of aryl methyl sites for hydroxylation is 1. The zero-order valence-corrected chi connectivity index (χ0v) is 12.5. The predicted octanol–water partition coefficient (Wildman–Crippen LogP) is 4.46. The van der Waals surface area contributed by atoms with E-state index in [4.69, 9.17) is 4.42 Å². The topological polar surface area (TPSA) is 25.2 Å². The van der Waals surface area contributed by atoms with Crippen LogP contribution in [0.2, 0.25) is 0 Å². The first-order chi connectivity index (χ1) is 9.05. The Morgan fingerprint density at radius 2 is 2.16 bits per heavy atom. The number of nitrogens with one attached hydrogen (secondary N) is 1. The zero-order valence-electron chi connectivity index (χ0n) is 12.5. The molecule has 1 heterocycles. The van der Waals surface area contributed by atoms with E-state index in [0.29, 0.717) is 17.5 Å². The van der Waals surface area contributed by atoms with Crippen molar-refractivity contribution in [1.29, 1.82) is 0 Å². The van der Waals surface area contributed by atoms with Crippen molar-refractivity contribution in [2.75, 3.05) is 0 Å². The molecule has 0 amide bonds. The number of hydrogen-bond donors (Lipinski definition) is 1. The van der Waals surface area contributed by atoms with E-state index >= 15 is 0 Å². The third-order valence-corrected chi connectivity index (χ3v) is 5.16. The van der Waals surface area contributed by atoms with Gasteiger partial charge in [0.25, 0.3) is 0 Å². The first-order valence-electron chi connectivity index (χ1n) is 7.87. The Hall–Kier alpha value is -0.760. The van der Waals surface area contributed by atoms with Gasteiger partial charge in [-0.2, -0.15) is 0 Å². The summed E-state index contributed by atoms with van der Waals surface area (Å²) < 4.78 is 5.60. The highest BCUT2D eigenvalue weighted by atomic mass is 16.3. The van der Waals surface area contributed by atoms with Gasteiger partial charge in [-0.05, 0) is 49.5 Å². The van der Waals surface area contributed by atoms with E-state index in [1.165, 1.54) is 43.4 Å². The summed E-state index contributed by atoms with van der Waals surface area (Å²) in [6.07, 6.45) is 9.50. The first kappa shape index (κ1) is 13.2. The van der Waals surface area contributed by atoms with Gasteiger partial charge in [0.1, 0.15) is 5.76 Å². The maximum absolute atomic E-state index is 5.60. The molecule has 0 radical (unpaired) electrons. The predicted molar refractivity (Wildman–Crippen MR) is 78.1 cm³/mol. The highest BCUT2D eigenvalue weighted by Gasteiger charge is 2.34. The van der Waals surface area contributed by atoms with Crippen LogP contribution in [0.3, 0.4) is 0 Å². The molecule has 0 aromatic carbocycles. The van der Waals surface area contributed by atoms with Crippen molar-refractivity contribution in [3.05, 3.63) is 23.7 Å². The zero-order chi connectivity index (χ0) is 13.5. The van der Waals surface area contributed by atoms with Crippen LogP contribution in [0, 0.1) is 11.3 Å². The van der Waals surface area contributed by atoms with Crippen LogP contribution in [-0.2, 0) is 6.42 Å². The highest BCUT2D eigenvalue weighted by molar-refractivity contribution is 5.24. The largest absolute Gasteiger partial charge is 0.469 e. The van der Waals surface area contributed by atoms with Crippen molar-refractivity contribution >= 4 is 0 Å². The smallest absolute Gasteiger partial charge is 0.108 e. The van der Waals surface area contributed by atoms with Gasteiger partial charge >= 0.3 is 0 Å². The molecular weight excluding hydrogens is 234 g/mol. The molecule has 0 saturated heterocycles. The van der Waals surface area contributed by atoms with Crippen molar-refractivity contribution < 1.29 is 4.42 Å². The summed E-state index contributed by atoms with van der Waals surface area (Å²) >= 11 is 0. The molecule has 1 saturated carbocycles. The summed E-state index contributed by atoms with van der Waals surface area (Å²) in [6, 6.07) is 3.37. The van der Waals surface area contributed by atoms with Gasteiger partial charge < -0.3 is 9.73 Å². The van der Waals surface area contributed by atoms with Crippen LogP contribution in [0.4, 0.5) is 0 Å². The van der Waals surface area contributed by atoms with Crippen molar-refractivity contribution in [1.82, 2.24) is 5.32 Å². The monoisotopic (exact) mass is 261 g/mol. The summed E-state index contributed by atoms with van der Waals surface area (Å²) in [7, 11) is 0. The normalized spacial score (nSPS) is 33.9. The molecule has 1 N–H and O–H groups in total. The van der Waals surface area contributed by atoms with Gasteiger partial charge in [0, 0.05) is 24.1 Å². The lowest BCUT2D eigenvalue weighted by molar-refractivity contribution is 0.138. The summed E-state index contributed by atoms with van der Waals surface area (Å²) in [5.74, 6) is 1.99. The van der Waals surface area contributed by atoms with Crippen LogP contribution in [-0.4, -0.2) is 6.04 Å². The molecule has 0 aliphatic heterocycles. The second-order valence-electron chi connectivity index (χ2n) is 7.40. The molecule has 2 nitrogen and oxygen atoms in total.